The number of benzene rings is 1. The Kier molecular flexibility index (Phi) is 7.60. The van der Waals surface area contributed by atoms with E-state index in [0.717, 1.165) is 12.0 Å². The second-order valence-corrected chi connectivity index (χ2v) is 5.83. The van der Waals surface area contributed by atoms with Crippen molar-refractivity contribution in [1.82, 2.24) is 5.32 Å². The van der Waals surface area contributed by atoms with Crippen LogP contribution < -0.4 is 5.32 Å². The highest BCUT2D eigenvalue weighted by atomic mass is 16.5. The van der Waals surface area contributed by atoms with Crippen LogP contribution in [0.2, 0.25) is 0 Å². The fourth-order valence-corrected chi connectivity index (χ4v) is 2.18. The van der Waals surface area contributed by atoms with Crippen LogP contribution in [0.15, 0.2) is 24.3 Å². The molecule has 1 aromatic carbocycles. The van der Waals surface area contributed by atoms with Crippen LogP contribution >= 0.6 is 0 Å². The molecule has 0 saturated carbocycles. The highest BCUT2D eigenvalue weighted by Gasteiger charge is 2.19. The van der Waals surface area contributed by atoms with Gasteiger partial charge < -0.3 is 15.2 Å². The molecule has 0 aliphatic heterocycles. The van der Waals surface area contributed by atoms with E-state index in [1.54, 1.807) is 0 Å². The summed E-state index contributed by atoms with van der Waals surface area (Å²) in [4.78, 5) is 22.7. The monoisotopic (exact) mass is 307 g/mol. The van der Waals surface area contributed by atoms with E-state index in [2.05, 4.69) is 31.3 Å². The molecule has 22 heavy (non-hydrogen) atoms. The van der Waals surface area contributed by atoms with Gasteiger partial charge in [-0.2, -0.15) is 0 Å². The Morgan fingerprint density at radius 2 is 1.77 bits per heavy atom. The number of carbonyl (C=O) groups excluding carboxylic acids is 1. The maximum absolute atomic E-state index is 11.8. The zero-order chi connectivity index (χ0) is 16.5. The van der Waals surface area contributed by atoms with Crippen molar-refractivity contribution in [1.29, 1.82) is 0 Å². The van der Waals surface area contributed by atoms with Gasteiger partial charge in [0, 0.05) is 13.5 Å². The van der Waals surface area contributed by atoms with E-state index in [0.29, 0.717) is 12.3 Å². The number of carboxylic acids is 1. The first kappa shape index (κ1) is 18.2. The van der Waals surface area contributed by atoms with E-state index in [-0.39, 0.29) is 18.9 Å². The van der Waals surface area contributed by atoms with Crippen LogP contribution in [0.4, 0.5) is 0 Å². The first-order valence-corrected chi connectivity index (χ1v) is 7.51. The maximum Gasteiger partial charge on any atom is 0.328 e. The lowest BCUT2D eigenvalue weighted by Gasteiger charge is -2.13. The number of aliphatic carboxylic acids is 1. The molecule has 0 aromatic heterocycles. The topological polar surface area (TPSA) is 75.6 Å². The minimum absolute atomic E-state index is 0.0367. The summed E-state index contributed by atoms with van der Waals surface area (Å²) < 4.78 is 4.78. The summed E-state index contributed by atoms with van der Waals surface area (Å²) in [6, 6.07) is 7.21. The van der Waals surface area contributed by atoms with Gasteiger partial charge in [-0.3, -0.25) is 4.79 Å². The molecular weight excluding hydrogens is 282 g/mol. The number of hydrogen-bond donors (Lipinski definition) is 2. The van der Waals surface area contributed by atoms with Crippen molar-refractivity contribution in [3.05, 3.63) is 35.4 Å². The number of ether oxygens (including phenoxy) is 1. The number of amides is 1. The SMILES string of the molecule is COCC(NC(=O)CCc1ccc(CC(C)C)cc1)C(=O)O. The predicted molar refractivity (Wildman–Crippen MR) is 84.7 cm³/mol. The lowest BCUT2D eigenvalue weighted by atomic mass is 10.0. The standard InChI is InChI=1S/C17H25NO4/c1-12(2)10-14-6-4-13(5-7-14)8-9-16(19)18-15(11-22-3)17(20)21/h4-7,12,15H,8-11H2,1-3H3,(H,18,19)(H,20,21). The zero-order valence-corrected chi connectivity index (χ0v) is 13.5. The average molecular weight is 307 g/mol. The zero-order valence-electron chi connectivity index (χ0n) is 13.5. The van der Waals surface area contributed by atoms with Crippen LogP contribution in [0.3, 0.4) is 0 Å². The first-order chi connectivity index (χ1) is 10.4. The molecule has 1 rings (SSSR count). The first-order valence-electron chi connectivity index (χ1n) is 7.51. The highest BCUT2D eigenvalue weighted by molar-refractivity contribution is 5.83. The molecule has 1 atom stereocenters. The summed E-state index contributed by atoms with van der Waals surface area (Å²) in [5.74, 6) is -0.755. The molecule has 5 nitrogen and oxygen atoms in total. The Bertz CT molecular complexity index is 482. The quantitative estimate of drug-likeness (QED) is 0.732. The van der Waals surface area contributed by atoms with Gasteiger partial charge in [0.2, 0.25) is 5.91 Å². The molecule has 0 saturated heterocycles. The summed E-state index contributed by atoms with van der Waals surface area (Å²) in [6.45, 7) is 4.32. The minimum atomic E-state index is -1.09. The molecule has 0 aliphatic rings. The Balaban J connectivity index is 2.44. The summed E-state index contributed by atoms with van der Waals surface area (Å²) >= 11 is 0. The molecule has 0 aliphatic carbocycles. The second-order valence-electron chi connectivity index (χ2n) is 5.83. The molecule has 122 valence electrons. The fourth-order valence-electron chi connectivity index (χ4n) is 2.18. The van der Waals surface area contributed by atoms with E-state index < -0.39 is 12.0 Å². The smallest absolute Gasteiger partial charge is 0.328 e. The number of nitrogens with one attached hydrogen (secondary N) is 1. The van der Waals surface area contributed by atoms with E-state index in [4.69, 9.17) is 9.84 Å². The molecule has 5 heteroatoms. The van der Waals surface area contributed by atoms with Gasteiger partial charge in [0.25, 0.3) is 0 Å². The number of hydrogen-bond acceptors (Lipinski definition) is 3. The molecule has 2 N–H and O–H groups in total. The van der Waals surface area contributed by atoms with Crippen molar-refractivity contribution in [2.45, 2.75) is 39.2 Å². The Hall–Kier alpha value is -1.88. The summed E-state index contributed by atoms with van der Waals surface area (Å²) in [5.41, 5.74) is 2.36. The number of rotatable bonds is 9. The molecule has 1 aromatic rings. The van der Waals surface area contributed by atoms with Crippen LogP contribution in [-0.2, 0) is 27.2 Å². The number of aryl methyl sites for hydroxylation is 1. The van der Waals surface area contributed by atoms with E-state index >= 15 is 0 Å². The Labute approximate surface area is 131 Å². The highest BCUT2D eigenvalue weighted by Crippen LogP contribution is 2.11. The second kappa shape index (κ2) is 9.20. The van der Waals surface area contributed by atoms with Crippen molar-refractivity contribution in [3.8, 4) is 0 Å². The van der Waals surface area contributed by atoms with E-state index in [9.17, 15) is 9.59 Å². The number of carbonyl (C=O) groups is 2. The van der Waals surface area contributed by atoms with Gasteiger partial charge in [-0.05, 0) is 29.9 Å². The van der Waals surface area contributed by atoms with Gasteiger partial charge in [0.05, 0.1) is 6.61 Å². The lowest BCUT2D eigenvalue weighted by Crippen LogP contribution is -2.43. The van der Waals surface area contributed by atoms with Crippen molar-refractivity contribution < 1.29 is 19.4 Å². The summed E-state index contributed by atoms with van der Waals surface area (Å²) in [5, 5.41) is 11.4. The number of carboxylic acid groups (broad SMARTS) is 1. The number of methoxy groups -OCH3 is 1. The van der Waals surface area contributed by atoms with Gasteiger partial charge in [0.1, 0.15) is 0 Å². The van der Waals surface area contributed by atoms with E-state index in [1.165, 1.54) is 12.7 Å². The molecule has 0 radical (unpaired) electrons. The molecule has 0 heterocycles. The van der Waals surface area contributed by atoms with Gasteiger partial charge in [-0.1, -0.05) is 38.1 Å². The largest absolute Gasteiger partial charge is 0.480 e. The van der Waals surface area contributed by atoms with Gasteiger partial charge in [-0.25, -0.2) is 4.79 Å². The third-order valence-electron chi connectivity index (χ3n) is 3.27. The summed E-state index contributed by atoms with van der Waals surface area (Å²) in [6.07, 6.45) is 1.89. The fraction of sp³-hybridized carbons (Fsp3) is 0.529. The molecule has 0 fully saturated rings. The Morgan fingerprint density at radius 3 is 2.27 bits per heavy atom. The van der Waals surface area contributed by atoms with Gasteiger partial charge in [0.15, 0.2) is 6.04 Å². The van der Waals surface area contributed by atoms with Crippen molar-refractivity contribution in [2.24, 2.45) is 5.92 Å². The normalized spacial score (nSPS) is 12.2. The molecule has 1 unspecified atom stereocenters. The van der Waals surface area contributed by atoms with Gasteiger partial charge in [-0.15, -0.1) is 0 Å². The average Bonchev–Trinajstić information content (AvgIpc) is 2.45. The Morgan fingerprint density at radius 1 is 1.18 bits per heavy atom. The molecule has 1 amide bonds. The summed E-state index contributed by atoms with van der Waals surface area (Å²) in [7, 11) is 1.40. The molecule has 0 spiro atoms. The van der Waals surface area contributed by atoms with Crippen LogP contribution in [-0.4, -0.2) is 36.7 Å². The maximum atomic E-state index is 11.8. The third-order valence-corrected chi connectivity index (χ3v) is 3.27. The minimum Gasteiger partial charge on any atom is -0.480 e. The van der Waals surface area contributed by atoms with Crippen LogP contribution in [0.1, 0.15) is 31.4 Å². The van der Waals surface area contributed by atoms with Crippen LogP contribution in [0.25, 0.3) is 0 Å². The van der Waals surface area contributed by atoms with Crippen molar-refractivity contribution in [2.75, 3.05) is 13.7 Å². The lowest BCUT2D eigenvalue weighted by molar-refractivity contribution is -0.143. The van der Waals surface area contributed by atoms with Crippen molar-refractivity contribution in [3.63, 3.8) is 0 Å². The van der Waals surface area contributed by atoms with Crippen molar-refractivity contribution >= 4 is 11.9 Å². The van der Waals surface area contributed by atoms with Gasteiger partial charge >= 0.3 is 5.97 Å². The molecule has 0 bridgehead atoms. The van der Waals surface area contributed by atoms with E-state index in [1.807, 2.05) is 12.1 Å². The predicted octanol–water partition coefficient (Wildman–Crippen LogP) is 2.03. The third kappa shape index (κ3) is 6.72. The van der Waals surface area contributed by atoms with Crippen LogP contribution in [0, 0.1) is 5.92 Å². The molecular formula is C17H25NO4. The van der Waals surface area contributed by atoms with Crippen LogP contribution in [0.5, 0.6) is 0 Å².